The molecule has 5 nitrogen and oxygen atoms in total. The number of rotatable bonds is 4. The summed E-state index contributed by atoms with van der Waals surface area (Å²) in [7, 11) is -3.63. The van der Waals surface area contributed by atoms with Gasteiger partial charge in [-0.3, -0.25) is 9.78 Å². The molecule has 0 unspecified atom stereocenters. The highest BCUT2D eigenvalue weighted by Crippen LogP contribution is 2.14. The summed E-state index contributed by atoms with van der Waals surface area (Å²) < 4.78 is 25.8. The van der Waals surface area contributed by atoms with Gasteiger partial charge in [0.25, 0.3) is 5.91 Å². The second kappa shape index (κ2) is 5.58. The largest absolute Gasteiger partial charge is 0.268 e. The SMILES string of the molecule is CC[C@H](C)S(=O)(=O)NC(=O)c1ccc2ncccc2c1. The lowest BCUT2D eigenvalue weighted by Crippen LogP contribution is -2.36. The second-order valence-electron chi connectivity index (χ2n) is 4.61. The minimum absolute atomic E-state index is 0.303. The number of nitrogens with zero attached hydrogens (tertiary/aromatic N) is 1. The predicted molar refractivity (Wildman–Crippen MR) is 77.9 cm³/mol. The Hall–Kier alpha value is -1.95. The first-order valence-electron chi connectivity index (χ1n) is 6.35. The topological polar surface area (TPSA) is 76.1 Å². The summed E-state index contributed by atoms with van der Waals surface area (Å²) in [5.41, 5.74) is 1.06. The smallest absolute Gasteiger partial charge is 0.264 e. The van der Waals surface area contributed by atoms with Crippen LogP contribution in [0.1, 0.15) is 30.6 Å². The molecule has 1 atom stereocenters. The van der Waals surface area contributed by atoms with E-state index in [4.69, 9.17) is 0 Å². The van der Waals surface area contributed by atoms with E-state index in [1.165, 1.54) is 0 Å². The van der Waals surface area contributed by atoms with Crippen molar-refractivity contribution in [2.24, 2.45) is 0 Å². The fraction of sp³-hybridized carbons (Fsp3) is 0.286. The number of amides is 1. The Morgan fingerprint density at radius 2 is 2.10 bits per heavy atom. The van der Waals surface area contributed by atoms with Crippen molar-refractivity contribution in [2.45, 2.75) is 25.5 Å². The number of nitrogens with one attached hydrogen (secondary N) is 1. The van der Waals surface area contributed by atoms with Gasteiger partial charge in [-0.2, -0.15) is 0 Å². The molecular weight excluding hydrogens is 276 g/mol. The number of hydrogen-bond donors (Lipinski definition) is 1. The minimum Gasteiger partial charge on any atom is -0.268 e. The van der Waals surface area contributed by atoms with Crippen LogP contribution in [0.15, 0.2) is 36.5 Å². The first kappa shape index (κ1) is 14.5. The molecule has 0 aliphatic carbocycles. The van der Waals surface area contributed by atoms with E-state index in [1.54, 1.807) is 44.3 Å². The van der Waals surface area contributed by atoms with Gasteiger partial charge in [0, 0.05) is 17.1 Å². The van der Waals surface area contributed by atoms with Crippen molar-refractivity contribution in [1.82, 2.24) is 9.71 Å². The average Bonchev–Trinajstić information content (AvgIpc) is 2.45. The molecule has 20 heavy (non-hydrogen) atoms. The van der Waals surface area contributed by atoms with Crippen LogP contribution in [0.4, 0.5) is 0 Å². The van der Waals surface area contributed by atoms with Crippen LogP contribution in [0.25, 0.3) is 10.9 Å². The number of benzene rings is 1. The van der Waals surface area contributed by atoms with Gasteiger partial charge in [0.1, 0.15) is 0 Å². The predicted octanol–water partition coefficient (Wildman–Crippen LogP) is 2.09. The fourth-order valence-electron chi connectivity index (χ4n) is 1.72. The zero-order valence-electron chi connectivity index (χ0n) is 11.3. The van der Waals surface area contributed by atoms with E-state index < -0.39 is 21.2 Å². The highest BCUT2D eigenvalue weighted by molar-refractivity contribution is 7.90. The normalized spacial score (nSPS) is 13.1. The number of pyridine rings is 1. The molecule has 0 saturated carbocycles. The molecule has 0 bridgehead atoms. The molecule has 0 fully saturated rings. The Kier molecular flexibility index (Phi) is 4.04. The Morgan fingerprint density at radius 1 is 1.35 bits per heavy atom. The standard InChI is InChI=1S/C14H16N2O3S/c1-3-10(2)20(18,19)16-14(17)12-6-7-13-11(9-12)5-4-8-15-13/h4-10H,3H2,1-2H3,(H,16,17)/t10-/m0/s1. The second-order valence-corrected chi connectivity index (χ2v) is 6.70. The third-order valence-electron chi connectivity index (χ3n) is 3.20. The van der Waals surface area contributed by atoms with Crippen molar-refractivity contribution < 1.29 is 13.2 Å². The highest BCUT2D eigenvalue weighted by Gasteiger charge is 2.22. The van der Waals surface area contributed by atoms with E-state index in [0.717, 1.165) is 10.9 Å². The number of sulfonamides is 1. The molecule has 0 aliphatic rings. The first-order chi connectivity index (χ1) is 9.44. The molecule has 1 heterocycles. The lowest BCUT2D eigenvalue weighted by Gasteiger charge is -2.12. The molecule has 2 aromatic rings. The van der Waals surface area contributed by atoms with Crippen molar-refractivity contribution >= 4 is 26.8 Å². The molecular formula is C14H16N2O3S. The lowest BCUT2D eigenvalue weighted by molar-refractivity contribution is 0.0981. The van der Waals surface area contributed by atoms with E-state index in [2.05, 4.69) is 9.71 Å². The Bertz CT molecular complexity index is 741. The van der Waals surface area contributed by atoms with Gasteiger partial charge in [-0.1, -0.05) is 13.0 Å². The summed E-state index contributed by atoms with van der Waals surface area (Å²) in [6.07, 6.45) is 2.11. The van der Waals surface area contributed by atoms with Crippen LogP contribution in [-0.2, 0) is 10.0 Å². The van der Waals surface area contributed by atoms with Gasteiger partial charge < -0.3 is 0 Å². The third-order valence-corrected chi connectivity index (χ3v) is 5.07. The first-order valence-corrected chi connectivity index (χ1v) is 7.89. The lowest BCUT2D eigenvalue weighted by atomic mass is 10.1. The molecule has 0 saturated heterocycles. The molecule has 0 aliphatic heterocycles. The van der Waals surface area contributed by atoms with E-state index in [-0.39, 0.29) is 0 Å². The van der Waals surface area contributed by atoms with Gasteiger partial charge >= 0.3 is 0 Å². The minimum atomic E-state index is -3.63. The van der Waals surface area contributed by atoms with Crippen molar-refractivity contribution in [3.63, 3.8) is 0 Å². The summed E-state index contributed by atoms with van der Waals surface area (Å²) in [4.78, 5) is 16.2. The Morgan fingerprint density at radius 3 is 2.80 bits per heavy atom. The monoisotopic (exact) mass is 292 g/mol. The molecule has 0 radical (unpaired) electrons. The number of fused-ring (bicyclic) bond motifs is 1. The Labute approximate surface area is 118 Å². The van der Waals surface area contributed by atoms with Gasteiger partial charge in [-0.15, -0.1) is 0 Å². The number of carbonyl (C=O) groups excluding carboxylic acids is 1. The van der Waals surface area contributed by atoms with Crippen LogP contribution < -0.4 is 4.72 Å². The van der Waals surface area contributed by atoms with Gasteiger partial charge in [-0.05, 0) is 37.6 Å². The number of hydrogen-bond acceptors (Lipinski definition) is 4. The molecule has 106 valence electrons. The molecule has 6 heteroatoms. The number of aromatic nitrogens is 1. The molecule has 1 aromatic heterocycles. The van der Waals surface area contributed by atoms with Crippen LogP contribution >= 0.6 is 0 Å². The van der Waals surface area contributed by atoms with E-state index in [9.17, 15) is 13.2 Å². The molecule has 1 N–H and O–H groups in total. The van der Waals surface area contributed by atoms with E-state index in [1.807, 2.05) is 6.07 Å². The van der Waals surface area contributed by atoms with Crippen LogP contribution in [-0.4, -0.2) is 24.6 Å². The van der Waals surface area contributed by atoms with Crippen LogP contribution in [0.5, 0.6) is 0 Å². The zero-order valence-corrected chi connectivity index (χ0v) is 12.1. The molecule has 0 spiro atoms. The van der Waals surface area contributed by atoms with Crippen molar-refractivity contribution in [3.8, 4) is 0 Å². The van der Waals surface area contributed by atoms with E-state index >= 15 is 0 Å². The maximum Gasteiger partial charge on any atom is 0.264 e. The van der Waals surface area contributed by atoms with E-state index in [0.29, 0.717) is 12.0 Å². The van der Waals surface area contributed by atoms with Crippen LogP contribution in [0.3, 0.4) is 0 Å². The number of carbonyl (C=O) groups is 1. The molecule has 1 aromatic carbocycles. The van der Waals surface area contributed by atoms with Gasteiger partial charge in [-0.25, -0.2) is 13.1 Å². The summed E-state index contributed by atoms with van der Waals surface area (Å²) in [5, 5.41) is 0.190. The van der Waals surface area contributed by atoms with Crippen LogP contribution in [0.2, 0.25) is 0 Å². The summed E-state index contributed by atoms with van der Waals surface area (Å²) >= 11 is 0. The summed E-state index contributed by atoms with van der Waals surface area (Å²) in [6.45, 7) is 3.33. The van der Waals surface area contributed by atoms with Crippen molar-refractivity contribution in [3.05, 3.63) is 42.1 Å². The average molecular weight is 292 g/mol. The fourth-order valence-corrected chi connectivity index (χ4v) is 2.74. The quantitative estimate of drug-likeness (QED) is 0.936. The Balaban J connectivity index is 2.28. The molecule has 2 rings (SSSR count). The highest BCUT2D eigenvalue weighted by atomic mass is 32.2. The molecule has 1 amide bonds. The van der Waals surface area contributed by atoms with Gasteiger partial charge in [0.2, 0.25) is 10.0 Å². The van der Waals surface area contributed by atoms with Crippen molar-refractivity contribution in [2.75, 3.05) is 0 Å². The van der Waals surface area contributed by atoms with Crippen molar-refractivity contribution in [1.29, 1.82) is 0 Å². The summed E-state index contributed by atoms with van der Waals surface area (Å²) in [6, 6.07) is 8.48. The zero-order chi connectivity index (χ0) is 14.8. The van der Waals surface area contributed by atoms with Gasteiger partial charge in [0.05, 0.1) is 10.8 Å². The maximum absolute atomic E-state index is 12.0. The van der Waals surface area contributed by atoms with Crippen LogP contribution in [0, 0.1) is 0 Å². The maximum atomic E-state index is 12.0. The summed E-state index contributed by atoms with van der Waals surface area (Å²) in [5.74, 6) is -0.615. The van der Waals surface area contributed by atoms with Gasteiger partial charge in [0.15, 0.2) is 0 Å². The third kappa shape index (κ3) is 2.96.